The Hall–Kier alpha value is -1.22. The van der Waals surface area contributed by atoms with Gasteiger partial charge in [-0.15, -0.1) is 0 Å². The minimum Gasteiger partial charge on any atom is -0.399 e. The topological polar surface area (TPSA) is 38.5 Å². The fourth-order valence-corrected chi connectivity index (χ4v) is 1.71. The van der Waals surface area contributed by atoms with Crippen molar-refractivity contribution in [2.24, 2.45) is 0 Å². The van der Waals surface area contributed by atoms with Crippen LogP contribution in [0, 0.1) is 0 Å². The largest absolute Gasteiger partial charge is 0.399 e. The molecule has 0 unspecified atom stereocenters. The summed E-state index contributed by atoms with van der Waals surface area (Å²) in [6.45, 7) is 7.86. The Labute approximate surface area is 105 Å². The molecule has 0 amide bonds. The molecule has 3 heteroatoms. The van der Waals surface area contributed by atoms with Crippen molar-refractivity contribution in [3.8, 4) is 0 Å². The normalized spacial score (nSPS) is 10.5. The Morgan fingerprint density at radius 1 is 1.24 bits per heavy atom. The fraction of sp³-hybridized carbons (Fsp3) is 0.571. The van der Waals surface area contributed by atoms with Crippen LogP contribution in [-0.4, -0.2) is 26.3 Å². The summed E-state index contributed by atoms with van der Waals surface area (Å²) in [5.74, 6) is 0. The van der Waals surface area contributed by atoms with E-state index in [-0.39, 0.29) is 0 Å². The Morgan fingerprint density at radius 2 is 2.06 bits per heavy atom. The minimum atomic E-state index is 0.780. The monoisotopic (exact) mass is 236 g/mol. The summed E-state index contributed by atoms with van der Waals surface area (Å²) in [4.78, 5) is 2.28. The lowest BCUT2D eigenvalue weighted by atomic mass is 10.2. The van der Waals surface area contributed by atoms with Crippen LogP contribution < -0.4 is 10.6 Å². The molecule has 1 aromatic carbocycles. The van der Waals surface area contributed by atoms with Gasteiger partial charge in [0.05, 0.1) is 6.61 Å². The zero-order chi connectivity index (χ0) is 12.5. The van der Waals surface area contributed by atoms with Gasteiger partial charge in [-0.2, -0.15) is 0 Å². The summed E-state index contributed by atoms with van der Waals surface area (Å²) in [5.41, 5.74) is 7.77. The van der Waals surface area contributed by atoms with Crippen molar-refractivity contribution < 1.29 is 4.74 Å². The molecule has 1 rings (SSSR count). The second-order valence-corrected chi connectivity index (χ2v) is 4.14. The molecule has 0 bridgehead atoms. The van der Waals surface area contributed by atoms with Gasteiger partial charge in [-0.25, -0.2) is 0 Å². The average Bonchev–Trinajstić information content (AvgIpc) is 2.34. The molecule has 0 aliphatic heterocycles. The number of ether oxygens (including phenoxy) is 1. The van der Waals surface area contributed by atoms with E-state index in [2.05, 4.69) is 24.8 Å². The van der Waals surface area contributed by atoms with Gasteiger partial charge in [0.15, 0.2) is 0 Å². The van der Waals surface area contributed by atoms with Gasteiger partial charge >= 0.3 is 0 Å². The first kappa shape index (κ1) is 13.8. The average molecular weight is 236 g/mol. The lowest BCUT2D eigenvalue weighted by Crippen LogP contribution is -2.27. The van der Waals surface area contributed by atoms with E-state index in [1.807, 2.05) is 18.2 Å². The number of hydrogen-bond donors (Lipinski definition) is 1. The van der Waals surface area contributed by atoms with Crippen molar-refractivity contribution >= 4 is 11.4 Å². The number of hydrogen-bond acceptors (Lipinski definition) is 3. The summed E-state index contributed by atoms with van der Waals surface area (Å²) >= 11 is 0. The standard InChI is InChI=1S/C14H24N2O/c1-3-5-10-17-11-9-16(4-2)14-8-6-7-13(15)12-14/h6-8,12H,3-5,9-11,15H2,1-2H3. The quantitative estimate of drug-likeness (QED) is 0.557. The van der Waals surface area contributed by atoms with Crippen molar-refractivity contribution in [3.63, 3.8) is 0 Å². The smallest absolute Gasteiger partial charge is 0.0641 e. The van der Waals surface area contributed by atoms with Gasteiger partial charge in [0.1, 0.15) is 0 Å². The second kappa shape index (κ2) is 7.96. The lowest BCUT2D eigenvalue weighted by molar-refractivity contribution is 0.137. The van der Waals surface area contributed by atoms with Crippen molar-refractivity contribution in [1.29, 1.82) is 0 Å². The van der Waals surface area contributed by atoms with Crippen LogP contribution in [-0.2, 0) is 4.74 Å². The van der Waals surface area contributed by atoms with E-state index in [4.69, 9.17) is 10.5 Å². The van der Waals surface area contributed by atoms with Gasteiger partial charge in [0, 0.05) is 31.1 Å². The molecule has 3 nitrogen and oxygen atoms in total. The molecular weight excluding hydrogens is 212 g/mol. The third kappa shape index (κ3) is 5.09. The fourth-order valence-electron chi connectivity index (χ4n) is 1.71. The SMILES string of the molecule is CCCCOCCN(CC)c1cccc(N)c1. The van der Waals surface area contributed by atoms with Crippen molar-refractivity contribution in [2.45, 2.75) is 26.7 Å². The number of rotatable bonds is 8. The molecule has 0 heterocycles. The maximum absolute atomic E-state index is 5.79. The van der Waals surface area contributed by atoms with Crippen LogP contribution in [0.3, 0.4) is 0 Å². The second-order valence-electron chi connectivity index (χ2n) is 4.14. The molecule has 1 aromatic rings. The van der Waals surface area contributed by atoms with Crippen LogP contribution in [0.1, 0.15) is 26.7 Å². The lowest BCUT2D eigenvalue weighted by Gasteiger charge is -2.23. The summed E-state index contributed by atoms with van der Waals surface area (Å²) in [5, 5.41) is 0. The highest BCUT2D eigenvalue weighted by Crippen LogP contribution is 2.16. The Balaban J connectivity index is 2.38. The highest BCUT2D eigenvalue weighted by Gasteiger charge is 2.03. The minimum absolute atomic E-state index is 0.780. The zero-order valence-corrected chi connectivity index (χ0v) is 11.0. The molecule has 0 fully saturated rings. The molecule has 0 aliphatic carbocycles. The molecule has 96 valence electrons. The number of nitrogen functional groups attached to an aromatic ring is 1. The number of nitrogens with two attached hydrogens (primary N) is 1. The van der Waals surface area contributed by atoms with Gasteiger partial charge < -0.3 is 15.4 Å². The van der Waals surface area contributed by atoms with Crippen molar-refractivity contribution in [1.82, 2.24) is 0 Å². The molecule has 0 aromatic heterocycles. The zero-order valence-electron chi connectivity index (χ0n) is 11.0. The van der Waals surface area contributed by atoms with Crippen molar-refractivity contribution in [3.05, 3.63) is 24.3 Å². The molecule has 0 radical (unpaired) electrons. The molecule has 2 N–H and O–H groups in total. The third-order valence-electron chi connectivity index (χ3n) is 2.76. The van der Waals surface area contributed by atoms with E-state index < -0.39 is 0 Å². The van der Waals surface area contributed by atoms with E-state index in [1.54, 1.807) is 0 Å². The number of unbranched alkanes of at least 4 members (excludes halogenated alkanes) is 1. The number of anilines is 2. The van der Waals surface area contributed by atoms with Crippen molar-refractivity contribution in [2.75, 3.05) is 36.9 Å². The summed E-state index contributed by atoms with van der Waals surface area (Å²) in [6.07, 6.45) is 2.33. The summed E-state index contributed by atoms with van der Waals surface area (Å²) < 4.78 is 5.59. The first-order chi connectivity index (χ1) is 8.27. The molecule has 17 heavy (non-hydrogen) atoms. The first-order valence-electron chi connectivity index (χ1n) is 6.46. The molecule has 0 aliphatic rings. The summed E-state index contributed by atoms with van der Waals surface area (Å²) in [7, 11) is 0. The van der Waals surface area contributed by atoms with E-state index >= 15 is 0 Å². The van der Waals surface area contributed by atoms with Crippen LogP contribution >= 0.6 is 0 Å². The Morgan fingerprint density at radius 3 is 2.71 bits per heavy atom. The van der Waals surface area contributed by atoms with Crippen LogP contribution in [0.4, 0.5) is 11.4 Å². The maximum atomic E-state index is 5.79. The Bertz CT molecular complexity index is 315. The van der Waals surface area contributed by atoms with E-state index in [1.165, 1.54) is 12.1 Å². The van der Waals surface area contributed by atoms with E-state index in [0.29, 0.717) is 0 Å². The summed E-state index contributed by atoms with van der Waals surface area (Å²) in [6, 6.07) is 8.00. The van der Waals surface area contributed by atoms with Gasteiger partial charge in [-0.05, 0) is 31.5 Å². The highest BCUT2D eigenvalue weighted by molar-refractivity contribution is 5.55. The van der Waals surface area contributed by atoms with Gasteiger partial charge in [0.25, 0.3) is 0 Å². The maximum Gasteiger partial charge on any atom is 0.0641 e. The van der Waals surface area contributed by atoms with E-state index in [0.717, 1.165) is 38.4 Å². The first-order valence-corrected chi connectivity index (χ1v) is 6.46. The highest BCUT2D eigenvalue weighted by atomic mass is 16.5. The molecular formula is C14H24N2O. The molecule has 0 spiro atoms. The van der Waals surface area contributed by atoms with E-state index in [9.17, 15) is 0 Å². The predicted molar refractivity (Wildman–Crippen MR) is 74.5 cm³/mol. The van der Waals surface area contributed by atoms with Crippen LogP contribution in [0.15, 0.2) is 24.3 Å². The third-order valence-corrected chi connectivity index (χ3v) is 2.76. The van der Waals surface area contributed by atoms with Crippen LogP contribution in [0.25, 0.3) is 0 Å². The molecule has 0 saturated heterocycles. The molecule has 0 saturated carbocycles. The predicted octanol–water partition coefficient (Wildman–Crippen LogP) is 2.91. The number of likely N-dealkylation sites (N-methyl/N-ethyl adjacent to an activating group) is 1. The number of benzene rings is 1. The Kier molecular flexibility index (Phi) is 6.48. The van der Waals surface area contributed by atoms with Crippen LogP contribution in [0.2, 0.25) is 0 Å². The molecule has 0 atom stereocenters. The van der Waals surface area contributed by atoms with Gasteiger partial charge in [0.2, 0.25) is 0 Å². The number of nitrogens with zero attached hydrogens (tertiary/aromatic N) is 1. The van der Waals surface area contributed by atoms with Gasteiger partial charge in [-0.1, -0.05) is 19.4 Å². The van der Waals surface area contributed by atoms with Gasteiger partial charge in [-0.3, -0.25) is 0 Å². The van der Waals surface area contributed by atoms with Crippen LogP contribution in [0.5, 0.6) is 0 Å².